The van der Waals surface area contributed by atoms with E-state index in [1.807, 2.05) is 30.3 Å². The largest absolute Gasteiger partial charge is 0.493 e. The maximum Gasteiger partial charge on any atom is 0.205 e. The van der Waals surface area contributed by atoms with Crippen LogP contribution < -0.4 is 19.5 Å². The van der Waals surface area contributed by atoms with Crippen LogP contribution in [0.1, 0.15) is 25.7 Å². The van der Waals surface area contributed by atoms with E-state index in [-0.39, 0.29) is 12.1 Å². The molecule has 2 aromatic carbocycles. The molecule has 3 aromatic rings. The average molecular weight is 444 g/mol. The van der Waals surface area contributed by atoms with E-state index >= 15 is 0 Å². The number of aliphatic hydroxyl groups excluding tert-OH is 1. The van der Waals surface area contributed by atoms with Gasteiger partial charge in [-0.05, 0) is 56.0 Å². The first-order chi connectivity index (χ1) is 15.0. The van der Waals surface area contributed by atoms with Crippen LogP contribution in [0.25, 0.3) is 22.3 Å². The lowest BCUT2D eigenvalue weighted by atomic mass is 9.93. The number of aliphatic hydroxyl groups is 1. The smallest absolute Gasteiger partial charge is 0.205 e. The molecular weight excluding hydrogens is 418 g/mol. The third-order valence-corrected chi connectivity index (χ3v) is 5.89. The second-order valence-electron chi connectivity index (χ2n) is 7.59. The molecule has 0 amide bonds. The fourth-order valence-electron chi connectivity index (χ4n) is 3.98. The highest BCUT2D eigenvalue weighted by Crippen LogP contribution is 2.45. The van der Waals surface area contributed by atoms with Crippen LogP contribution >= 0.6 is 11.6 Å². The highest BCUT2D eigenvalue weighted by molar-refractivity contribution is 6.30. The number of ether oxygens (including phenoxy) is 3. The Bertz CT molecular complexity index is 1070. The van der Waals surface area contributed by atoms with Crippen LogP contribution in [0.5, 0.6) is 17.2 Å². The number of benzene rings is 2. The number of nitrogens with one attached hydrogen (secondary N) is 1. The number of fused-ring (bicyclic) bond motifs is 1. The minimum atomic E-state index is -0.228. The summed E-state index contributed by atoms with van der Waals surface area (Å²) < 4.78 is 16.8. The molecule has 1 aromatic heterocycles. The Morgan fingerprint density at radius 1 is 0.935 bits per heavy atom. The van der Waals surface area contributed by atoms with Crippen molar-refractivity contribution in [2.75, 3.05) is 26.6 Å². The number of nitrogens with zero attached hydrogens (tertiary/aromatic N) is 2. The van der Waals surface area contributed by atoms with Crippen molar-refractivity contribution in [3.8, 4) is 28.6 Å². The van der Waals surface area contributed by atoms with Gasteiger partial charge in [0.2, 0.25) is 5.75 Å². The first kappa shape index (κ1) is 21.5. The summed E-state index contributed by atoms with van der Waals surface area (Å²) in [5, 5.41) is 14.9. The summed E-state index contributed by atoms with van der Waals surface area (Å²) in [6, 6.07) is 9.47. The maximum atomic E-state index is 9.86. The molecule has 1 heterocycles. The molecule has 0 atom stereocenters. The van der Waals surface area contributed by atoms with Crippen molar-refractivity contribution < 1.29 is 19.3 Å². The zero-order valence-corrected chi connectivity index (χ0v) is 18.6. The van der Waals surface area contributed by atoms with E-state index in [4.69, 9.17) is 35.8 Å². The predicted molar refractivity (Wildman–Crippen MR) is 122 cm³/mol. The van der Waals surface area contributed by atoms with Gasteiger partial charge in [0, 0.05) is 16.6 Å². The van der Waals surface area contributed by atoms with Gasteiger partial charge in [-0.1, -0.05) is 11.6 Å². The molecule has 0 unspecified atom stereocenters. The third-order valence-electron chi connectivity index (χ3n) is 5.63. The van der Waals surface area contributed by atoms with Crippen molar-refractivity contribution in [2.24, 2.45) is 0 Å². The SMILES string of the molecule is COc1cc2c(NC3CCC(O)CC3)nc(-c3ccc(Cl)cc3)nc2c(OC)c1OC. The summed E-state index contributed by atoms with van der Waals surface area (Å²) in [6.45, 7) is 0. The molecule has 1 fully saturated rings. The minimum absolute atomic E-state index is 0.207. The number of hydrogen-bond donors (Lipinski definition) is 2. The molecular formula is C23H26ClN3O4. The first-order valence-electron chi connectivity index (χ1n) is 10.2. The van der Waals surface area contributed by atoms with Gasteiger partial charge in [-0.25, -0.2) is 9.97 Å². The van der Waals surface area contributed by atoms with Crippen LogP contribution in [0.4, 0.5) is 5.82 Å². The fraction of sp³-hybridized carbons (Fsp3) is 0.391. The standard InChI is InChI=1S/C23H26ClN3O4/c1-29-18-12-17-19(21(31-3)20(18)30-2)26-22(13-4-6-14(24)7-5-13)27-23(17)25-15-8-10-16(28)11-9-15/h4-7,12,15-16,28H,8-11H2,1-3H3,(H,25,26,27). The lowest BCUT2D eigenvalue weighted by Crippen LogP contribution is -2.28. The monoisotopic (exact) mass is 443 g/mol. The normalized spacial score (nSPS) is 18.6. The number of rotatable bonds is 6. The lowest BCUT2D eigenvalue weighted by molar-refractivity contribution is 0.126. The second kappa shape index (κ2) is 9.16. The summed E-state index contributed by atoms with van der Waals surface area (Å²) in [4.78, 5) is 9.64. The van der Waals surface area contributed by atoms with Crippen LogP contribution in [0, 0.1) is 0 Å². The second-order valence-corrected chi connectivity index (χ2v) is 8.03. The van der Waals surface area contributed by atoms with Crippen LogP contribution in [-0.4, -0.2) is 48.5 Å². The van der Waals surface area contributed by atoms with Gasteiger partial charge < -0.3 is 24.6 Å². The topological polar surface area (TPSA) is 85.7 Å². The van der Waals surface area contributed by atoms with Gasteiger partial charge in [0.1, 0.15) is 11.3 Å². The van der Waals surface area contributed by atoms with E-state index in [2.05, 4.69) is 5.32 Å². The molecule has 2 N–H and O–H groups in total. The Kier molecular flexibility index (Phi) is 6.34. The highest BCUT2D eigenvalue weighted by Gasteiger charge is 2.24. The molecule has 31 heavy (non-hydrogen) atoms. The molecule has 7 nitrogen and oxygen atoms in total. The Labute approximate surface area is 186 Å². The quantitative estimate of drug-likeness (QED) is 0.571. The summed E-state index contributed by atoms with van der Waals surface area (Å²) in [6.07, 6.45) is 3.05. The molecule has 0 saturated heterocycles. The van der Waals surface area contributed by atoms with Gasteiger partial charge in [0.25, 0.3) is 0 Å². The molecule has 1 aliphatic rings. The minimum Gasteiger partial charge on any atom is -0.493 e. The number of hydrogen-bond acceptors (Lipinski definition) is 7. The van der Waals surface area contributed by atoms with E-state index in [1.165, 1.54) is 0 Å². The van der Waals surface area contributed by atoms with E-state index in [0.29, 0.717) is 39.4 Å². The van der Waals surface area contributed by atoms with Gasteiger partial charge >= 0.3 is 0 Å². The molecule has 0 spiro atoms. The van der Waals surface area contributed by atoms with E-state index in [9.17, 15) is 5.11 Å². The van der Waals surface area contributed by atoms with Crippen molar-refractivity contribution in [2.45, 2.75) is 37.8 Å². The van der Waals surface area contributed by atoms with Gasteiger partial charge in [-0.2, -0.15) is 0 Å². The molecule has 0 radical (unpaired) electrons. The number of methoxy groups -OCH3 is 3. The number of aromatic nitrogens is 2. The van der Waals surface area contributed by atoms with Crippen molar-refractivity contribution >= 4 is 28.3 Å². The average Bonchev–Trinajstić information content (AvgIpc) is 2.79. The third kappa shape index (κ3) is 4.34. The summed E-state index contributed by atoms with van der Waals surface area (Å²) >= 11 is 6.06. The predicted octanol–water partition coefficient (Wildman–Crippen LogP) is 4.69. The number of anilines is 1. The van der Waals surface area contributed by atoms with Gasteiger partial charge in [-0.15, -0.1) is 0 Å². The summed E-state index contributed by atoms with van der Waals surface area (Å²) in [5.41, 5.74) is 1.46. The van der Waals surface area contributed by atoms with Crippen LogP contribution in [0.3, 0.4) is 0 Å². The molecule has 1 saturated carbocycles. The summed E-state index contributed by atoms with van der Waals surface area (Å²) in [5.74, 6) is 2.74. The Morgan fingerprint density at radius 3 is 2.23 bits per heavy atom. The van der Waals surface area contributed by atoms with Crippen LogP contribution in [0.15, 0.2) is 30.3 Å². The Morgan fingerprint density at radius 2 is 1.61 bits per heavy atom. The summed E-state index contributed by atoms with van der Waals surface area (Å²) in [7, 11) is 4.73. The Balaban J connectivity index is 1.90. The van der Waals surface area contributed by atoms with Crippen LogP contribution in [-0.2, 0) is 0 Å². The lowest BCUT2D eigenvalue weighted by Gasteiger charge is -2.27. The van der Waals surface area contributed by atoms with Gasteiger partial charge in [-0.3, -0.25) is 0 Å². The van der Waals surface area contributed by atoms with Crippen molar-refractivity contribution in [1.29, 1.82) is 0 Å². The molecule has 8 heteroatoms. The van der Waals surface area contributed by atoms with Crippen molar-refractivity contribution in [1.82, 2.24) is 9.97 Å². The van der Waals surface area contributed by atoms with E-state index < -0.39 is 0 Å². The molecule has 0 aliphatic heterocycles. The van der Waals surface area contributed by atoms with E-state index in [0.717, 1.165) is 36.6 Å². The van der Waals surface area contributed by atoms with Crippen LogP contribution in [0.2, 0.25) is 5.02 Å². The van der Waals surface area contributed by atoms with Gasteiger partial charge in [0.05, 0.1) is 32.8 Å². The highest BCUT2D eigenvalue weighted by atomic mass is 35.5. The van der Waals surface area contributed by atoms with Gasteiger partial charge in [0.15, 0.2) is 17.3 Å². The first-order valence-corrected chi connectivity index (χ1v) is 10.6. The molecule has 4 rings (SSSR count). The fourth-order valence-corrected chi connectivity index (χ4v) is 4.11. The molecule has 0 bridgehead atoms. The maximum absolute atomic E-state index is 9.86. The number of halogens is 1. The zero-order valence-electron chi connectivity index (χ0n) is 17.8. The van der Waals surface area contributed by atoms with E-state index in [1.54, 1.807) is 21.3 Å². The molecule has 1 aliphatic carbocycles. The Hall–Kier alpha value is -2.77. The van der Waals surface area contributed by atoms with Crippen molar-refractivity contribution in [3.63, 3.8) is 0 Å². The zero-order chi connectivity index (χ0) is 22.0. The van der Waals surface area contributed by atoms with Crippen molar-refractivity contribution in [3.05, 3.63) is 35.4 Å². The molecule has 164 valence electrons.